The van der Waals surface area contributed by atoms with Gasteiger partial charge in [0.25, 0.3) is 0 Å². The molecule has 0 aliphatic heterocycles. The predicted octanol–water partition coefficient (Wildman–Crippen LogP) is 3.12. The van der Waals surface area contributed by atoms with Gasteiger partial charge in [-0.3, -0.25) is 4.79 Å². The second-order valence-electron chi connectivity index (χ2n) is 7.33. The summed E-state index contributed by atoms with van der Waals surface area (Å²) in [6.07, 6.45) is 0.917. The molecule has 0 saturated heterocycles. The second-order valence-corrected chi connectivity index (χ2v) is 9.06. The number of rotatable bonds is 10. The van der Waals surface area contributed by atoms with Crippen molar-refractivity contribution in [1.82, 2.24) is 10.0 Å². The standard InChI is InChI=1S/C22H30N2O4S/c1-16(2)28-20-9-7-19(8-10-20)11-13-23-22(25)12-14-24-29(26,27)21-15-17(3)5-6-18(21)4/h5-10,15-16,24H,11-14H2,1-4H3,(H,23,25). The first kappa shape index (κ1) is 22.9. The van der Waals surface area contributed by atoms with Crippen molar-refractivity contribution < 1.29 is 17.9 Å². The topological polar surface area (TPSA) is 84.5 Å². The van der Waals surface area contributed by atoms with Gasteiger partial charge in [0.1, 0.15) is 5.75 Å². The van der Waals surface area contributed by atoms with Crippen molar-refractivity contribution in [3.63, 3.8) is 0 Å². The number of sulfonamides is 1. The Morgan fingerprint density at radius 1 is 1.03 bits per heavy atom. The van der Waals surface area contributed by atoms with E-state index in [1.165, 1.54) is 0 Å². The number of carbonyl (C=O) groups excluding carboxylic acids is 1. The predicted molar refractivity (Wildman–Crippen MR) is 115 cm³/mol. The first-order chi connectivity index (χ1) is 13.7. The van der Waals surface area contributed by atoms with Gasteiger partial charge < -0.3 is 10.1 Å². The summed E-state index contributed by atoms with van der Waals surface area (Å²) in [4.78, 5) is 12.2. The summed E-state index contributed by atoms with van der Waals surface area (Å²) in [5.41, 5.74) is 2.65. The Kier molecular flexibility index (Phi) is 8.22. The first-order valence-electron chi connectivity index (χ1n) is 9.76. The van der Waals surface area contributed by atoms with Crippen LogP contribution in [0.5, 0.6) is 5.75 Å². The van der Waals surface area contributed by atoms with Crippen LogP contribution >= 0.6 is 0 Å². The average molecular weight is 419 g/mol. The molecule has 7 heteroatoms. The molecule has 0 heterocycles. The van der Waals surface area contributed by atoms with Crippen LogP contribution in [0, 0.1) is 13.8 Å². The maximum atomic E-state index is 12.4. The van der Waals surface area contributed by atoms with Gasteiger partial charge in [0.15, 0.2) is 0 Å². The van der Waals surface area contributed by atoms with E-state index in [0.717, 1.165) is 16.9 Å². The van der Waals surface area contributed by atoms with Crippen LogP contribution in [0.25, 0.3) is 0 Å². The minimum atomic E-state index is -3.63. The monoisotopic (exact) mass is 418 g/mol. The molecule has 2 rings (SSSR count). The van der Waals surface area contributed by atoms with Crippen molar-refractivity contribution in [2.75, 3.05) is 13.1 Å². The smallest absolute Gasteiger partial charge is 0.240 e. The molecule has 2 aromatic rings. The van der Waals surface area contributed by atoms with Crippen LogP contribution in [0.15, 0.2) is 47.4 Å². The van der Waals surface area contributed by atoms with Gasteiger partial charge >= 0.3 is 0 Å². The molecule has 1 amide bonds. The number of nitrogens with one attached hydrogen (secondary N) is 2. The lowest BCUT2D eigenvalue weighted by atomic mass is 10.1. The summed E-state index contributed by atoms with van der Waals surface area (Å²) in [7, 11) is -3.63. The zero-order valence-corrected chi connectivity index (χ0v) is 18.3. The van der Waals surface area contributed by atoms with Crippen LogP contribution in [0.1, 0.15) is 37.0 Å². The van der Waals surface area contributed by atoms with Crippen molar-refractivity contribution in [3.8, 4) is 5.75 Å². The van der Waals surface area contributed by atoms with Crippen LogP contribution in [0.2, 0.25) is 0 Å². The minimum absolute atomic E-state index is 0.0583. The fourth-order valence-electron chi connectivity index (χ4n) is 2.81. The molecule has 0 saturated carbocycles. The molecule has 158 valence electrons. The summed E-state index contributed by atoms with van der Waals surface area (Å²) >= 11 is 0. The number of amides is 1. The number of benzene rings is 2. The van der Waals surface area contributed by atoms with Gasteiger partial charge in [-0.05, 0) is 69.0 Å². The van der Waals surface area contributed by atoms with Crippen molar-refractivity contribution in [2.24, 2.45) is 0 Å². The van der Waals surface area contributed by atoms with Gasteiger partial charge in [-0.25, -0.2) is 13.1 Å². The quantitative estimate of drug-likeness (QED) is 0.621. The van der Waals surface area contributed by atoms with E-state index in [-0.39, 0.29) is 29.9 Å². The van der Waals surface area contributed by atoms with E-state index in [0.29, 0.717) is 18.5 Å². The van der Waals surface area contributed by atoms with Crippen LogP contribution in [-0.4, -0.2) is 33.5 Å². The molecule has 0 radical (unpaired) electrons. The third-order valence-corrected chi connectivity index (χ3v) is 5.91. The Morgan fingerprint density at radius 3 is 2.38 bits per heavy atom. The Labute approximate surface area is 173 Å². The molecule has 2 N–H and O–H groups in total. The Bertz CT molecular complexity index is 922. The molecular formula is C22H30N2O4S. The number of hydrogen-bond acceptors (Lipinski definition) is 4. The Hall–Kier alpha value is -2.38. The molecule has 0 aliphatic carbocycles. The van der Waals surface area contributed by atoms with Gasteiger partial charge in [0.2, 0.25) is 15.9 Å². The van der Waals surface area contributed by atoms with E-state index in [1.807, 2.05) is 51.1 Å². The largest absolute Gasteiger partial charge is 0.491 e. The molecule has 0 unspecified atom stereocenters. The van der Waals surface area contributed by atoms with Crippen molar-refractivity contribution in [1.29, 1.82) is 0 Å². The Balaban J connectivity index is 1.74. The van der Waals surface area contributed by atoms with Gasteiger partial charge in [-0.1, -0.05) is 24.3 Å². The zero-order valence-electron chi connectivity index (χ0n) is 17.5. The maximum absolute atomic E-state index is 12.4. The normalized spacial score (nSPS) is 11.5. The van der Waals surface area contributed by atoms with Crippen molar-refractivity contribution >= 4 is 15.9 Å². The lowest BCUT2D eigenvalue weighted by molar-refractivity contribution is -0.120. The molecule has 0 atom stereocenters. The number of ether oxygens (including phenoxy) is 1. The van der Waals surface area contributed by atoms with Gasteiger partial charge in [-0.2, -0.15) is 0 Å². The number of hydrogen-bond donors (Lipinski definition) is 2. The van der Waals surface area contributed by atoms with E-state index in [4.69, 9.17) is 4.74 Å². The molecule has 0 aliphatic rings. The molecule has 6 nitrogen and oxygen atoms in total. The van der Waals surface area contributed by atoms with Crippen molar-refractivity contribution in [3.05, 3.63) is 59.2 Å². The van der Waals surface area contributed by atoms with Crippen LogP contribution < -0.4 is 14.8 Å². The van der Waals surface area contributed by atoms with E-state index in [2.05, 4.69) is 10.0 Å². The molecular weight excluding hydrogens is 388 g/mol. The Morgan fingerprint density at radius 2 is 1.72 bits per heavy atom. The van der Waals surface area contributed by atoms with Gasteiger partial charge in [0, 0.05) is 19.5 Å². The average Bonchev–Trinajstić information content (AvgIpc) is 2.64. The highest BCUT2D eigenvalue weighted by Crippen LogP contribution is 2.16. The highest BCUT2D eigenvalue weighted by molar-refractivity contribution is 7.89. The summed E-state index contributed by atoms with van der Waals surface area (Å²) in [6.45, 7) is 8.10. The molecule has 29 heavy (non-hydrogen) atoms. The van der Waals surface area contributed by atoms with E-state index >= 15 is 0 Å². The van der Waals surface area contributed by atoms with E-state index in [9.17, 15) is 13.2 Å². The first-order valence-corrected chi connectivity index (χ1v) is 11.2. The van der Waals surface area contributed by atoms with Gasteiger partial charge in [-0.15, -0.1) is 0 Å². The van der Waals surface area contributed by atoms with Crippen molar-refractivity contribution in [2.45, 2.75) is 51.5 Å². The lowest BCUT2D eigenvalue weighted by Gasteiger charge is -2.11. The number of carbonyl (C=O) groups is 1. The zero-order chi connectivity index (χ0) is 21.4. The summed E-state index contributed by atoms with van der Waals surface area (Å²) in [6, 6.07) is 13.1. The third-order valence-electron chi connectivity index (χ3n) is 4.31. The summed E-state index contributed by atoms with van der Waals surface area (Å²) < 4.78 is 33.0. The lowest BCUT2D eigenvalue weighted by Crippen LogP contribution is -2.32. The third kappa shape index (κ3) is 7.51. The molecule has 0 aromatic heterocycles. The fraction of sp³-hybridized carbons (Fsp3) is 0.409. The highest BCUT2D eigenvalue weighted by atomic mass is 32.2. The summed E-state index contributed by atoms with van der Waals surface area (Å²) in [5, 5.41) is 2.82. The van der Waals surface area contributed by atoms with Crippen LogP contribution in [0.4, 0.5) is 0 Å². The van der Waals surface area contributed by atoms with Crippen LogP contribution in [0.3, 0.4) is 0 Å². The molecule has 0 bridgehead atoms. The SMILES string of the molecule is Cc1ccc(C)c(S(=O)(=O)NCCC(=O)NCCc2ccc(OC(C)C)cc2)c1. The fourth-order valence-corrected chi connectivity index (χ4v) is 4.17. The van der Waals surface area contributed by atoms with Crippen LogP contribution in [-0.2, 0) is 21.2 Å². The highest BCUT2D eigenvalue weighted by Gasteiger charge is 2.16. The minimum Gasteiger partial charge on any atom is -0.491 e. The molecule has 0 fully saturated rings. The molecule has 0 spiro atoms. The number of aryl methyl sites for hydroxylation is 2. The van der Waals surface area contributed by atoms with Gasteiger partial charge in [0.05, 0.1) is 11.0 Å². The second kappa shape index (κ2) is 10.4. The maximum Gasteiger partial charge on any atom is 0.240 e. The van der Waals surface area contributed by atoms with E-state index in [1.54, 1.807) is 19.1 Å². The summed E-state index contributed by atoms with van der Waals surface area (Å²) in [5.74, 6) is 0.636. The van der Waals surface area contributed by atoms with E-state index < -0.39 is 10.0 Å². The molecule has 2 aromatic carbocycles.